The van der Waals surface area contributed by atoms with Gasteiger partial charge < -0.3 is 60.4 Å². The lowest BCUT2D eigenvalue weighted by molar-refractivity contribution is -0.365. The first-order valence-corrected chi connectivity index (χ1v) is 11.7. The Morgan fingerprint density at radius 1 is 1.17 bits per heavy atom. The topological polar surface area (TPSA) is 299 Å². The highest BCUT2D eigenvalue weighted by Gasteiger charge is 2.59. The summed E-state index contributed by atoms with van der Waals surface area (Å²) in [6.07, 6.45) is -19.3. The number of aliphatic hydroxyl groups is 7. The Bertz CT molecular complexity index is 886. The first-order valence-electron chi connectivity index (χ1n) is 10.4. The van der Waals surface area contributed by atoms with Crippen LogP contribution in [0.25, 0.3) is 0 Å². The van der Waals surface area contributed by atoms with Gasteiger partial charge >= 0.3 is 16.4 Å². The van der Waals surface area contributed by atoms with Crippen LogP contribution in [0.2, 0.25) is 0 Å². The lowest BCUT2D eigenvalue weighted by atomic mass is 9.88. The molecule has 11 atom stereocenters. The summed E-state index contributed by atoms with van der Waals surface area (Å²) >= 11 is 0. The van der Waals surface area contributed by atoms with Gasteiger partial charge in [-0.2, -0.15) is 8.42 Å². The minimum absolute atomic E-state index is 0.816. The van der Waals surface area contributed by atoms with Crippen LogP contribution in [0.5, 0.6) is 0 Å². The van der Waals surface area contributed by atoms with E-state index in [4.69, 9.17) is 18.8 Å². The molecule has 210 valence electrons. The van der Waals surface area contributed by atoms with Gasteiger partial charge in [-0.3, -0.25) is 9.35 Å². The molecule has 10 N–H and O–H groups in total. The monoisotopic (exact) mass is 551 g/mol. The Morgan fingerprint density at radius 2 is 1.78 bits per heavy atom. The second kappa shape index (κ2) is 11.9. The fraction of sp³-hybridized carbons (Fsp3) is 0.882. The summed E-state index contributed by atoms with van der Waals surface area (Å²) in [5, 5.41) is 82.5. The molecular formula is C17H29NO17S. The maximum Gasteiger partial charge on any atom is 0.397 e. The van der Waals surface area contributed by atoms with E-state index in [0.717, 1.165) is 6.92 Å². The number of carbonyl (C=O) groups excluding carboxylic acids is 1. The third kappa shape index (κ3) is 6.83. The average molecular weight is 551 g/mol. The molecule has 0 aromatic carbocycles. The highest BCUT2D eigenvalue weighted by molar-refractivity contribution is 7.80. The third-order valence-electron chi connectivity index (χ3n) is 5.58. The maximum absolute atomic E-state index is 12.3. The number of nitrogens with one attached hydrogen (secondary N) is 1. The lowest BCUT2D eigenvalue weighted by Gasteiger charge is -2.49. The summed E-state index contributed by atoms with van der Waals surface area (Å²) in [7, 11) is -5.28. The van der Waals surface area contributed by atoms with Crippen LogP contribution < -0.4 is 5.32 Å². The molecule has 2 saturated heterocycles. The van der Waals surface area contributed by atoms with Crippen molar-refractivity contribution in [1.29, 1.82) is 0 Å². The van der Waals surface area contributed by atoms with Gasteiger partial charge in [0.1, 0.15) is 42.7 Å². The number of aliphatic carboxylic acids is 1. The highest BCUT2D eigenvalue weighted by Crippen LogP contribution is 2.37. The van der Waals surface area contributed by atoms with Crippen molar-refractivity contribution < 1.29 is 81.8 Å². The summed E-state index contributed by atoms with van der Waals surface area (Å²) in [6, 6.07) is -1.66. The molecule has 1 unspecified atom stereocenters. The van der Waals surface area contributed by atoms with E-state index in [1.54, 1.807) is 0 Å². The van der Waals surface area contributed by atoms with Gasteiger partial charge in [0.05, 0.1) is 25.4 Å². The SMILES string of the molecule is CC(=O)N[C@H]1[C@H]([C@H](O)[C@@H](CO)OS(=O)(=O)O)O[C@@](O[C@H]2[C@H](O)[C@@H](CO)OC(O)[C@@H]2O)(C(=O)O)C[C@@H]1O. The van der Waals surface area contributed by atoms with E-state index in [-0.39, 0.29) is 0 Å². The van der Waals surface area contributed by atoms with Gasteiger partial charge in [-0.25, -0.2) is 8.98 Å². The lowest BCUT2D eigenvalue weighted by Crippen LogP contribution is -2.70. The molecule has 2 aliphatic heterocycles. The molecular weight excluding hydrogens is 522 g/mol. The van der Waals surface area contributed by atoms with Crippen LogP contribution in [-0.2, 0) is 38.4 Å². The number of hydrogen-bond acceptors (Lipinski definition) is 15. The number of carboxylic acid groups (broad SMARTS) is 1. The average Bonchev–Trinajstić information content (AvgIpc) is 2.77. The van der Waals surface area contributed by atoms with Crippen LogP contribution in [0, 0.1) is 0 Å². The molecule has 2 aliphatic rings. The smallest absolute Gasteiger partial charge is 0.397 e. The Labute approximate surface area is 203 Å². The fourth-order valence-corrected chi connectivity index (χ4v) is 4.40. The van der Waals surface area contributed by atoms with Crippen LogP contribution in [0.4, 0.5) is 0 Å². The number of aliphatic hydroxyl groups excluding tert-OH is 7. The Hall–Kier alpha value is -1.59. The van der Waals surface area contributed by atoms with Crippen LogP contribution in [-0.4, -0.2) is 146 Å². The van der Waals surface area contributed by atoms with Crippen LogP contribution in [0.3, 0.4) is 0 Å². The summed E-state index contributed by atoms with van der Waals surface area (Å²) in [4.78, 5) is 23.9. The first-order chi connectivity index (χ1) is 16.6. The number of carbonyl (C=O) groups is 2. The molecule has 0 spiro atoms. The molecule has 2 heterocycles. The first kappa shape index (κ1) is 30.6. The Balaban J connectivity index is 2.49. The van der Waals surface area contributed by atoms with Crippen LogP contribution in [0.15, 0.2) is 0 Å². The van der Waals surface area contributed by atoms with E-state index in [2.05, 4.69) is 9.50 Å². The van der Waals surface area contributed by atoms with Gasteiger partial charge in [0.25, 0.3) is 5.79 Å². The molecule has 0 aromatic rings. The molecule has 2 rings (SSSR count). The molecule has 18 nitrogen and oxygen atoms in total. The number of hydrogen-bond donors (Lipinski definition) is 10. The summed E-state index contributed by atoms with van der Waals surface area (Å²) in [5.74, 6) is -5.86. The predicted molar refractivity (Wildman–Crippen MR) is 108 cm³/mol. The molecule has 2 fully saturated rings. The molecule has 1 amide bonds. The summed E-state index contributed by atoms with van der Waals surface area (Å²) < 4.78 is 50.7. The van der Waals surface area contributed by atoms with Crippen molar-refractivity contribution in [3.8, 4) is 0 Å². The van der Waals surface area contributed by atoms with Crippen molar-refractivity contribution in [2.75, 3.05) is 13.2 Å². The zero-order chi connectivity index (χ0) is 27.6. The molecule has 0 saturated carbocycles. The van der Waals surface area contributed by atoms with Crippen molar-refractivity contribution in [3.05, 3.63) is 0 Å². The minimum Gasteiger partial charge on any atom is -0.477 e. The number of amides is 1. The van der Waals surface area contributed by atoms with E-state index in [1.165, 1.54) is 0 Å². The molecule has 0 radical (unpaired) electrons. The Kier molecular flexibility index (Phi) is 10.1. The van der Waals surface area contributed by atoms with Gasteiger partial charge in [0.2, 0.25) is 5.91 Å². The van der Waals surface area contributed by atoms with Crippen molar-refractivity contribution in [1.82, 2.24) is 5.32 Å². The van der Waals surface area contributed by atoms with Gasteiger partial charge in [-0.1, -0.05) is 0 Å². The minimum atomic E-state index is -5.28. The van der Waals surface area contributed by atoms with E-state index >= 15 is 0 Å². The summed E-state index contributed by atoms with van der Waals surface area (Å²) in [6.45, 7) is -1.20. The van der Waals surface area contributed by atoms with Crippen molar-refractivity contribution in [3.63, 3.8) is 0 Å². The van der Waals surface area contributed by atoms with Gasteiger partial charge in [-0.15, -0.1) is 0 Å². The quantitative estimate of drug-likeness (QED) is 0.113. The van der Waals surface area contributed by atoms with E-state index < -0.39 is 109 Å². The molecule has 19 heteroatoms. The molecule has 0 aromatic heterocycles. The standard InChI is InChI=1S/C17H29NO17S/c1-5(21)18-9-6(22)2-17(16(27)28,33-13(9)11(24)8(4-20)35-36(29,30)31)34-14-10(23)7(3-19)32-15(26)12(14)25/h6-15,19-20,22-26H,2-4H2,1H3,(H,18,21)(H,27,28)(H,29,30,31)/t6-,7+,8+,9+,10+,11+,12+,13+,14-,15?,17-/m0/s1. The van der Waals surface area contributed by atoms with E-state index in [1.807, 2.05) is 0 Å². The Morgan fingerprint density at radius 3 is 2.25 bits per heavy atom. The van der Waals surface area contributed by atoms with Crippen molar-refractivity contribution in [2.45, 2.75) is 80.3 Å². The van der Waals surface area contributed by atoms with Gasteiger partial charge in [0.15, 0.2) is 6.29 Å². The fourth-order valence-electron chi connectivity index (χ4n) is 3.91. The van der Waals surface area contributed by atoms with Crippen LogP contribution in [0.1, 0.15) is 13.3 Å². The van der Waals surface area contributed by atoms with E-state index in [9.17, 15) is 58.9 Å². The van der Waals surface area contributed by atoms with Gasteiger partial charge in [-0.05, 0) is 0 Å². The molecule has 0 aliphatic carbocycles. The number of rotatable bonds is 10. The zero-order valence-corrected chi connectivity index (χ0v) is 19.4. The van der Waals surface area contributed by atoms with Crippen LogP contribution >= 0.6 is 0 Å². The van der Waals surface area contributed by atoms with Crippen molar-refractivity contribution >= 4 is 22.3 Å². The van der Waals surface area contributed by atoms with Gasteiger partial charge in [0, 0.05) is 13.3 Å². The maximum atomic E-state index is 12.3. The second-order valence-electron chi connectivity index (χ2n) is 8.19. The predicted octanol–water partition coefficient (Wildman–Crippen LogP) is -6.22. The summed E-state index contributed by atoms with van der Waals surface area (Å²) in [5.41, 5.74) is 0. The normalized spacial score (nSPS) is 39.2. The van der Waals surface area contributed by atoms with Crippen molar-refractivity contribution in [2.24, 2.45) is 0 Å². The molecule has 36 heavy (non-hydrogen) atoms. The number of ether oxygens (including phenoxy) is 3. The zero-order valence-electron chi connectivity index (χ0n) is 18.6. The largest absolute Gasteiger partial charge is 0.477 e. The number of carboxylic acids is 1. The second-order valence-corrected chi connectivity index (χ2v) is 9.23. The third-order valence-corrected chi connectivity index (χ3v) is 6.07. The molecule has 0 bridgehead atoms. The highest BCUT2D eigenvalue weighted by atomic mass is 32.3. The van der Waals surface area contributed by atoms with E-state index in [0.29, 0.717) is 0 Å².